The molecule has 2 heterocycles. The third-order valence-corrected chi connectivity index (χ3v) is 5.63. The molecule has 1 aliphatic rings. The average Bonchev–Trinajstić information content (AvgIpc) is 2.98. The van der Waals surface area contributed by atoms with Gasteiger partial charge in [0, 0.05) is 31.9 Å². The lowest BCUT2D eigenvalue weighted by atomic mass is 10.2. The van der Waals surface area contributed by atoms with Crippen molar-refractivity contribution in [3.05, 3.63) is 77.4 Å². The molecule has 0 atom stereocenters. The Labute approximate surface area is 182 Å². The Morgan fingerprint density at radius 2 is 1.72 bits per heavy atom. The van der Waals surface area contributed by atoms with Crippen LogP contribution in [0, 0.1) is 12.7 Å². The number of rotatable bonds is 3. The summed E-state index contributed by atoms with van der Waals surface area (Å²) in [6.45, 7) is 4.02. The highest BCUT2D eigenvalue weighted by Gasteiger charge is 2.31. The van der Waals surface area contributed by atoms with Gasteiger partial charge in [0.15, 0.2) is 0 Å². The SMILES string of the molecule is Cc1c(C(=O)N2CCCN(c3ccc(F)cc3)CC2)cnn1-c1cccc(C(F)(F)F)c1. The van der Waals surface area contributed by atoms with Crippen LogP contribution in [0.1, 0.15) is 28.0 Å². The van der Waals surface area contributed by atoms with E-state index in [1.54, 1.807) is 24.0 Å². The van der Waals surface area contributed by atoms with Crippen molar-refractivity contribution in [2.24, 2.45) is 0 Å². The number of hydrogen-bond donors (Lipinski definition) is 0. The first kappa shape index (κ1) is 21.9. The molecule has 1 aliphatic heterocycles. The van der Waals surface area contributed by atoms with Crippen LogP contribution in [0.15, 0.2) is 54.7 Å². The summed E-state index contributed by atoms with van der Waals surface area (Å²) >= 11 is 0. The summed E-state index contributed by atoms with van der Waals surface area (Å²) in [6.07, 6.45) is -2.32. The van der Waals surface area contributed by atoms with Crippen LogP contribution in [-0.2, 0) is 6.18 Å². The van der Waals surface area contributed by atoms with Crippen molar-refractivity contribution >= 4 is 11.6 Å². The lowest BCUT2D eigenvalue weighted by Crippen LogP contribution is -2.35. The van der Waals surface area contributed by atoms with E-state index in [1.807, 2.05) is 0 Å². The zero-order chi connectivity index (χ0) is 22.9. The molecular formula is C23H22F4N4O. The summed E-state index contributed by atoms with van der Waals surface area (Å²) in [5.41, 5.74) is 1.21. The third-order valence-electron chi connectivity index (χ3n) is 5.63. The van der Waals surface area contributed by atoms with E-state index >= 15 is 0 Å². The molecule has 2 aromatic carbocycles. The number of carbonyl (C=O) groups excluding carboxylic acids is 1. The molecule has 0 unspecified atom stereocenters. The van der Waals surface area contributed by atoms with Gasteiger partial charge in [0.05, 0.1) is 28.7 Å². The monoisotopic (exact) mass is 446 g/mol. The van der Waals surface area contributed by atoms with Gasteiger partial charge >= 0.3 is 6.18 Å². The molecule has 1 fully saturated rings. The maximum absolute atomic E-state index is 13.2. The lowest BCUT2D eigenvalue weighted by molar-refractivity contribution is -0.137. The standard InChI is InChI=1S/C23H22F4N4O/c1-16-21(15-28-31(16)20-5-2-4-17(14-20)23(25,26)27)22(32)30-11-3-10-29(12-13-30)19-8-6-18(24)7-9-19/h2,4-9,14-15H,3,10-13H2,1H3. The summed E-state index contributed by atoms with van der Waals surface area (Å²) in [4.78, 5) is 17.0. The third kappa shape index (κ3) is 4.46. The summed E-state index contributed by atoms with van der Waals surface area (Å²) in [6, 6.07) is 11.1. The molecule has 0 bridgehead atoms. The van der Waals surface area contributed by atoms with E-state index in [0.29, 0.717) is 30.9 Å². The fraction of sp³-hybridized carbons (Fsp3) is 0.304. The molecule has 168 valence electrons. The molecule has 3 aromatic rings. The molecule has 32 heavy (non-hydrogen) atoms. The summed E-state index contributed by atoms with van der Waals surface area (Å²) < 4.78 is 53.7. The number of carbonyl (C=O) groups is 1. The van der Waals surface area contributed by atoms with Gasteiger partial charge in [0.25, 0.3) is 5.91 Å². The molecule has 1 saturated heterocycles. The average molecular weight is 446 g/mol. The Morgan fingerprint density at radius 3 is 2.44 bits per heavy atom. The van der Waals surface area contributed by atoms with E-state index in [4.69, 9.17) is 0 Å². The second-order valence-electron chi connectivity index (χ2n) is 7.71. The van der Waals surface area contributed by atoms with Crippen molar-refractivity contribution in [3.8, 4) is 5.69 Å². The first-order valence-corrected chi connectivity index (χ1v) is 10.3. The highest BCUT2D eigenvalue weighted by molar-refractivity contribution is 5.95. The number of hydrogen-bond acceptors (Lipinski definition) is 3. The second-order valence-corrected chi connectivity index (χ2v) is 7.71. The van der Waals surface area contributed by atoms with Crippen molar-refractivity contribution in [2.75, 3.05) is 31.1 Å². The summed E-state index contributed by atoms with van der Waals surface area (Å²) in [5, 5.41) is 4.18. The van der Waals surface area contributed by atoms with Crippen molar-refractivity contribution in [2.45, 2.75) is 19.5 Å². The number of nitrogens with zero attached hydrogens (tertiary/aromatic N) is 4. The fourth-order valence-electron chi connectivity index (χ4n) is 3.89. The van der Waals surface area contributed by atoms with Gasteiger partial charge < -0.3 is 9.80 Å². The van der Waals surface area contributed by atoms with E-state index in [-0.39, 0.29) is 17.4 Å². The van der Waals surface area contributed by atoms with Crippen LogP contribution in [0.3, 0.4) is 0 Å². The number of benzene rings is 2. The Morgan fingerprint density at radius 1 is 0.969 bits per heavy atom. The maximum Gasteiger partial charge on any atom is 0.416 e. The second kappa shape index (κ2) is 8.64. The van der Waals surface area contributed by atoms with E-state index in [1.165, 1.54) is 35.1 Å². The lowest BCUT2D eigenvalue weighted by Gasteiger charge is -2.23. The minimum absolute atomic E-state index is 0.207. The zero-order valence-corrected chi connectivity index (χ0v) is 17.4. The Kier molecular flexibility index (Phi) is 5.90. The van der Waals surface area contributed by atoms with E-state index in [9.17, 15) is 22.4 Å². The molecule has 0 N–H and O–H groups in total. The highest BCUT2D eigenvalue weighted by atomic mass is 19.4. The Hall–Kier alpha value is -3.36. The van der Waals surface area contributed by atoms with E-state index < -0.39 is 11.7 Å². The minimum atomic E-state index is -4.46. The number of amides is 1. The van der Waals surface area contributed by atoms with Gasteiger partial charge in [-0.05, 0) is 55.8 Å². The van der Waals surface area contributed by atoms with Crippen LogP contribution >= 0.6 is 0 Å². The van der Waals surface area contributed by atoms with Gasteiger partial charge in [-0.3, -0.25) is 4.79 Å². The van der Waals surface area contributed by atoms with Crippen LogP contribution in [0.4, 0.5) is 23.2 Å². The highest BCUT2D eigenvalue weighted by Crippen LogP contribution is 2.30. The van der Waals surface area contributed by atoms with Gasteiger partial charge in [-0.2, -0.15) is 18.3 Å². The van der Waals surface area contributed by atoms with E-state index in [2.05, 4.69) is 10.00 Å². The van der Waals surface area contributed by atoms with Gasteiger partial charge in [0.1, 0.15) is 5.82 Å². The predicted octanol–water partition coefficient (Wildman–Crippen LogP) is 4.69. The molecular weight excluding hydrogens is 424 g/mol. The van der Waals surface area contributed by atoms with Crippen molar-refractivity contribution in [1.82, 2.24) is 14.7 Å². The first-order chi connectivity index (χ1) is 15.2. The van der Waals surface area contributed by atoms with Crippen LogP contribution in [0.25, 0.3) is 5.69 Å². The van der Waals surface area contributed by atoms with Crippen molar-refractivity contribution in [3.63, 3.8) is 0 Å². The number of aromatic nitrogens is 2. The Bertz CT molecular complexity index is 1110. The topological polar surface area (TPSA) is 41.4 Å². The van der Waals surface area contributed by atoms with Crippen LogP contribution in [0.5, 0.6) is 0 Å². The van der Waals surface area contributed by atoms with Crippen LogP contribution in [0.2, 0.25) is 0 Å². The summed E-state index contributed by atoms with van der Waals surface area (Å²) in [5.74, 6) is -0.504. The molecule has 1 aromatic heterocycles. The maximum atomic E-state index is 13.2. The number of alkyl halides is 3. The van der Waals surface area contributed by atoms with Gasteiger partial charge in [-0.25, -0.2) is 9.07 Å². The van der Waals surface area contributed by atoms with E-state index in [0.717, 1.165) is 30.8 Å². The van der Waals surface area contributed by atoms with Crippen molar-refractivity contribution in [1.29, 1.82) is 0 Å². The number of halogens is 4. The molecule has 0 aliphatic carbocycles. The summed E-state index contributed by atoms with van der Waals surface area (Å²) in [7, 11) is 0. The molecule has 0 radical (unpaired) electrons. The normalized spacial score (nSPS) is 15.0. The first-order valence-electron chi connectivity index (χ1n) is 10.3. The van der Waals surface area contributed by atoms with Gasteiger partial charge in [0.2, 0.25) is 0 Å². The predicted molar refractivity (Wildman–Crippen MR) is 112 cm³/mol. The Balaban J connectivity index is 1.51. The molecule has 5 nitrogen and oxygen atoms in total. The smallest absolute Gasteiger partial charge is 0.370 e. The quantitative estimate of drug-likeness (QED) is 0.548. The molecule has 4 rings (SSSR count). The molecule has 1 amide bonds. The molecule has 0 saturated carbocycles. The zero-order valence-electron chi connectivity index (χ0n) is 17.4. The number of anilines is 1. The van der Waals surface area contributed by atoms with Gasteiger partial charge in [-0.1, -0.05) is 6.07 Å². The van der Waals surface area contributed by atoms with Gasteiger partial charge in [-0.15, -0.1) is 0 Å². The van der Waals surface area contributed by atoms with Crippen LogP contribution in [-0.4, -0.2) is 46.8 Å². The van der Waals surface area contributed by atoms with Crippen LogP contribution < -0.4 is 4.90 Å². The van der Waals surface area contributed by atoms with Crippen molar-refractivity contribution < 1.29 is 22.4 Å². The molecule has 0 spiro atoms. The molecule has 9 heteroatoms. The fourth-order valence-corrected chi connectivity index (χ4v) is 3.89. The largest absolute Gasteiger partial charge is 0.416 e. The minimum Gasteiger partial charge on any atom is -0.370 e.